The van der Waals surface area contributed by atoms with Gasteiger partial charge in [0.1, 0.15) is 0 Å². The van der Waals surface area contributed by atoms with Crippen LogP contribution in [0.3, 0.4) is 0 Å². The number of carbonyl (C=O) groups excluding carboxylic acids is 1. The summed E-state index contributed by atoms with van der Waals surface area (Å²) >= 11 is 0. The fourth-order valence-corrected chi connectivity index (χ4v) is 3.18. The average Bonchev–Trinajstić information content (AvgIpc) is 2.69. The van der Waals surface area contributed by atoms with E-state index >= 15 is 0 Å². The predicted octanol–water partition coefficient (Wildman–Crippen LogP) is 3.53. The van der Waals surface area contributed by atoms with Crippen LogP contribution >= 0.6 is 0 Å². The van der Waals surface area contributed by atoms with Gasteiger partial charge < -0.3 is 20.3 Å². The molecular formula is C21H27N3O2. The normalized spacial score (nSPS) is 14.1. The molecule has 5 nitrogen and oxygen atoms in total. The maximum absolute atomic E-state index is 12.4. The predicted molar refractivity (Wildman–Crippen MR) is 107 cm³/mol. The Morgan fingerprint density at radius 1 is 1.04 bits per heavy atom. The van der Waals surface area contributed by atoms with Crippen LogP contribution in [0.4, 0.5) is 17.1 Å². The molecule has 26 heavy (non-hydrogen) atoms. The van der Waals surface area contributed by atoms with E-state index < -0.39 is 0 Å². The van der Waals surface area contributed by atoms with Crippen LogP contribution in [0.1, 0.15) is 18.9 Å². The first kappa shape index (κ1) is 18.3. The first-order valence-electron chi connectivity index (χ1n) is 9.31. The molecule has 1 heterocycles. The van der Waals surface area contributed by atoms with Crippen molar-refractivity contribution in [1.82, 2.24) is 0 Å². The van der Waals surface area contributed by atoms with Crippen molar-refractivity contribution >= 4 is 23.0 Å². The van der Waals surface area contributed by atoms with Gasteiger partial charge in [0, 0.05) is 31.7 Å². The van der Waals surface area contributed by atoms with Gasteiger partial charge >= 0.3 is 0 Å². The quantitative estimate of drug-likeness (QED) is 0.800. The number of nitrogens with one attached hydrogen (secondary N) is 2. The van der Waals surface area contributed by atoms with Gasteiger partial charge in [-0.25, -0.2) is 0 Å². The molecule has 2 aromatic carbocycles. The lowest BCUT2D eigenvalue weighted by Gasteiger charge is -2.30. The van der Waals surface area contributed by atoms with E-state index in [0.717, 1.165) is 49.8 Å². The van der Waals surface area contributed by atoms with Gasteiger partial charge in [0.05, 0.1) is 24.6 Å². The minimum Gasteiger partial charge on any atom is -0.384 e. The lowest BCUT2D eigenvalue weighted by Crippen LogP contribution is -2.36. The molecule has 0 spiro atoms. The fraction of sp³-hybridized carbons (Fsp3) is 0.381. The number of aryl methyl sites for hydroxylation is 1. The highest BCUT2D eigenvalue weighted by atomic mass is 16.5. The minimum atomic E-state index is 0.0205. The molecule has 0 atom stereocenters. The largest absolute Gasteiger partial charge is 0.384 e. The zero-order chi connectivity index (χ0) is 18.2. The highest BCUT2D eigenvalue weighted by Gasteiger charge is 2.15. The van der Waals surface area contributed by atoms with Crippen LogP contribution in [-0.4, -0.2) is 38.8 Å². The number of carbonyl (C=O) groups is 1. The van der Waals surface area contributed by atoms with Crippen molar-refractivity contribution in [2.24, 2.45) is 0 Å². The zero-order valence-electron chi connectivity index (χ0n) is 15.3. The molecule has 3 rings (SSSR count). The highest BCUT2D eigenvalue weighted by Crippen LogP contribution is 2.26. The summed E-state index contributed by atoms with van der Waals surface area (Å²) < 4.78 is 5.42. The maximum atomic E-state index is 12.4. The molecule has 138 valence electrons. The number of rotatable bonds is 7. The molecule has 0 saturated carbocycles. The average molecular weight is 353 g/mol. The topological polar surface area (TPSA) is 53.6 Å². The molecule has 1 fully saturated rings. The molecule has 5 heteroatoms. The van der Waals surface area contributed by atoms with E-state index in [0.29, 0.717) is 13.0 Å². The van der Waals surface area contributed by atoms with Crippen LogP contribution in [0.2, 0.25) is 0 Å². The van der Waals surface area contributed by atoms with E-state index in [1.165, 1.54) is 5.56 Å². The third kappa shape index (κ3) is 4.76. The Morgan fingerprint density at radius 3 is 2.50 bits per heavy atom. The summed E-state index contributed by atoms with van der Waals surface area (Å²) in [6, 6.07) is 16.2. The maximum Gasteiger partial charge on any atom is 0.226 e. The molecule has 1 saturated heterocycles. The van der Waals surface area contributed by atoms with E-state index in [9.17, 15) is 4.79 Å². The van der Waals surface area contributed by atoms with Gasteiger partial charge in [-0.3, -0.25) is 4.79 Å². The number of ether oxygens (including phenoxy) is 1. The van der Waals surface area contributed by atoms with Crippen molar-refractivity contribution in [3.8, 4) is 0 Å². The van der Waals surface area contributed by atoms with Crippen LogP contribution < -0.4 is 15.5 Å². The SMILES string of the molecule is CCc1ccccc1NCCC(=O)Nc1ccccc1N1CCOCC1. The number of para-hydroxylation sites is 3. The monoisotopic (exact) mass is 353 g/mol. The van der Waals surface area contributed by atoms with E-state index in [2.05, 4.69) is 40.7 Å². The molecular weight excluding hydrogens is 326 g/mol. The second kappa shape index (κ2) is 9.25. The number of benzene rings is 2. The van der Waals surface area contributed by atoms with E-state index in [1.54, 1.807) is 0 Å². The van der Waals surface area contributed by atoms with Crippen LogP contribution in [0, 0.1) is 0 Å². The Balaban J connectivity index is 1.55. The number of anilines is 3. The van der Waals surface area contributed by atoms with Crippen molar-refractivity contribution in [2.45, 2.75) is 19.8 Å². The lowest BCUT2D eigenvalue weighted by atomic mass is 10.1. The van der Waals surface area contributed by atoms with Crippen molar-refractivity contribution in [1.29, 1.82) is 0 Å². The van der Waals surface area contributed by atoms with Crippen LogP contribution in [0.5, 0.6) is 0 Å². The molecule has 0 aliphatic carbocycles. The molecule has 1 aliphatic heterocycles. The number of amides is 1. The summed E-state index contributed by atoms with van der Waals surface area (Å²) in [5.74, 6) is 0.0205. The molecule has 2 aromatic rings. The van der Waals surface area contributed by atoms with Gasteiger partial charge in [-0.05, 0) is 30.2 Å². The third-order valence-corrected chi connectivity index (χ3v) is 4.60. The van der Waals surface area contributed by atoms with Gasteiger partial charge in [-0.2, -0.15) is 0 Å². The summed E-state index contributed by atoms with van der Waals surface area (Å²) in [7, 11) is 0. The fourth-order valence-electron chi connectivity index (χ4n) is 3.18. The smallest absolute Gasteiger partial charge is 0.226 e. The summed E-state index contributed by atoms with van der Waals surface area (Å²) in [6.45, 7) is 5.90. The molecule has 1 aliphatic rings. The molecule has 0 aromatic heterocycles. The Kier molecular flexibility index (Phi) is 6.50. The zero-order valence-corrected chi connectivity index (χ0v) is 15.3. The Morgan fingerprint density at radius 2 is 1.73 bits per heavy atom. The lowest BCUT2D eigenvalue weighted by molar-refractivity contribution is -0.115. The number of hydrogen-bond donors (Lipinski definition) is 2. The van der Waals surface area contributed by atoms with E-state index in [-0.39, 0.29) is 5.91 Å². The molecule has 2 N–H and O–H groups in total. The van der Waals surface area contributed by atoms with Gasteiger partial charge in [-0.15, -0.1) is 0 Å². The van der Waals surface area contributed by atoms with Crippen molar-refractivity contribution in [3.05, 3.63) is 54.1 Å². The van der Waals surface area contributed by atoms with Gasteiger partial charge in [0.15, 0.2) is 0 Å². The summed E-state index contributed by atoms with van der Waals surface area (Å²) in [6.07, 6.45) is 1.40. The standard InChI is InChI=1S/C21H27N3O2/c1-2-17-7-3-4-8-18(17)22-12-11-21(25)23-19-9-5-6-10-20(19)24-13-15-26-16-14-24/h3-10,22H,2,11-16H2,1H3,(H,23,25). The molecule has 0 radical (unpaired) electrons. The molecule has 0 bridgehead atoms. The van der Waals surface area contributed by atoms with Crippen molar-refractivity contribution in [2.75, 3.05) is 48.4 Å². The molecule has 0 unspecified atom stereocenters. The number of morpholine rings is 1. The van der Waals surface area contributed by atoms with Crippen molar-refractivity contribution < 1.29 is 9.53 Å². The summed E-state index contributed by atoms with van der Waals surface area (Å²) in [4.78, 5) is 14.7. The Hall–Kier alpha value is -2.53. The van der Waals surface area contributed by atoms with Gasteiger partial charge in [-0.1, -0.05) is 37.3 Å². The van der Waals surface area contributed by atoms with Crippen LogP contribution in [0.25, 0.3) is 0 Å². The second-order valence-electron chi connectivity index (χ2n) is 6.35. The third-order valence-electron chi connectivity index (χ3n) is 4.60. The Bertz CT molecular complexity index is 727. The number of hydrogen-bond acceptors (Lipinski definition) is 4. The summed E-state index contributed by atoms with van der Waals surface area (Å²) in [5.41, 5.74) is 4.31. The first-order chi connectivity index (χ1) is 12.8. The number of nitrogens with zero attached hydrogens (tertiary/aromatic N) is 1. The van der Waals surface area contributed by atoms with Gasteiger partial charge in [0.2, 0.25) is 5.91 Å². The van der Waals surface area contributed by atoms with Gasteiger partial charge in [0.25, 0.3) is 0 Å². The van der Waals surface area contributed by atoms with Crippen LogP contribution in [0.15, 0.2) is 48.5 Å². The highest BCUT2D eigenvalue weighted by molar-refractivity contribution is 5.94. The second-order valence-corrected chi connectivity index (χ2v) is 6.35. The Labute approximate surface area is 155 Å². The summed E-state index contributed by atoms with van der Waals surface area (Å²) in [5, 5.41) is 6.43. The van der Waals surface area contributed by atoms with Crippen molar-refractivity contribution in [3.63, 3.8) is 0 Å². The molecule has 1 amide bonds. The first-order valence-corrected chi connectivity index (χ1v) is 9.31. The van der Waals surface area contributed by atoms with E-state index in [4.69, 9.17) is 4.74 Å². The van der Waals surface area contributed by atoms with Crippen LogP contribution in [-0.2, 0) is 16.0 Å². The minimum absolute atomic E-state index is 0.0205. The van der Waals surface area contributed by atoms with E-state index in [1.807, 2.05) is 30.3 Å².